The molecule has 1 N–H and O–H groups in total. The maximum absolute atomic E-state index is 12.3. The van der Waals surface area contributed by atoms with Crippen LogP contribution in [0.4, 0.5) is 5.69 Å². The summed E-state index contributed by atoms with van der Waals surface area (Å²) in [7, 11) is -3.64. The second kappa shape index (κ2) is 5.76. The molecule has 0 bridgehead atoms. The summed E-state index contributed by atoms with van der Waals surface area (Å²) in [6.45, 7) is 3.72. The van der Waals surface area contributed by atoms with E-state index in [1.807, 2.05) is 19.9 Å². The summed E-state index contributed by atoms with van der Waals surface area (Å²) in [5.74, 6) is 0. The molecule has 3 nitrogen and oxygen atoms in total. The Labute approximate surface area is 132 Å². The zero-order valence-corrected chi connectivity index (χ0v) is 14.1. The minimum atomic E-state index is -3.64. The number of halogens is 2. The molecule has 0 radical (unpaired) electrons. The van der Waals surface area contributed by atoms with Crippen LogP contribution >= 0.6 is 27.5 Å². The topological polar surface area (TPSA) is 46.2 Å². The third-order valence-corrected chi connectivity index (χ3v) is 5.14. The molecule has 0 amide bonds. The van der Waals surface area contributed by atoms with E-state index >= 15 is 0 Å². The fraction of sp³-hybridized carbons (Fsp3) is 0.143. The van der Waals surface area contributed by atoms with Gasteiger partial charge in [0.2, 0.25) is 0 Å². The maximum atomic E-state index is 12.3. The van der Waals surface area contributed by atoms with Gasteiger partial charge in [-0.1, -0.05) is 45.2 Å². The number of aryl methyl sites for hydroxylation is 2. The summed E-state index contributed by atoms with van der Waals surface area (Å²) in [5.41, 5.74) is 2.15. The van der Waals surface area contributed by atoms with Gasteiger partial charge in [0.15, 0.2) is 0 Å². The highest BCUT2D eigenvalue weighted by atomic mass is 79.9. The van der Waals surface area contributed by atoms with E-state index in [0.717, 1.165) is 15.6 Å². The van der Waals surface area contributed by atoms with Crippen LogP contribution in [0.1, 0.15) is 11.1 Å². The monoisotopic (exact) mass is 373 g/mol. The molecule has 2 aromatic carbocycles. The Hall–Kier alpha value is -1.04. The molecule has 0 aliphatic carbocycles. The van der Waals surface area contributed by atoms with Crippen molar-refractivity contribution in [2.24, 2.45) is 0 Å². The van der Waals surface area contributed by atoms with Gasteiger partial charge >= 0.3 is 0 Å². The van der Waals surface area contributed by atoms with E-state index in [1.54, 1.807) is 30.3 Å². The summed E-state index contributed by atoms with van der Waals surface area (Å²) >= 11 is 9.46. The van der Waals surface area contributed by atoms with Gasteiger partial charge in [-0.05, 0) is 43.7 Å². The fourth-order valence-corrected chi connectivity index (χ4v) is 3.57. The van der Waals surface area contributed by atoms with Crippen molar-refractivity contribution in [1.29, 1.82) is 0 Å². The van der Waals surface area contributed by atoms with Crippen molar-refractivity contribution in [2.45, 2.75) is 18.7 Å². The van der Waals surface area contributed by atoms with Crippen LogP contribution in [-0.2, 0) is 10.0 Å². The van der Waals surface area contributed by atoms with Gasteiger partial charge in [0.05, 0.1) is 15.6 Å². The molecule has 20 heavy (non-hydrogen) atoms. The Kier molecular flexibility index (Phi) is 4.42. The van der Waals surface area contributed by atoms with Gasteiger partial charge in [-0.15, -0.1) is 0 Å². The van der Waals surface area contributed by atoms with Crippen molar-refractivity contribution in [2.75, 3.05) is 4.72 Å². The number of sulfonamides is 1. The van der Waals surface area contributed by atoms with Crippen LogP contribution in [0.3, 0.4) is 0 Å². The molecule has 2 aromatic rings. The molecule has 0 fully saturated rings. The molecule has 0 aromatic heterocycles. The van der Waals surface area contributed by atoms with Gasteiger partial charge in [0, 0.05) is 4.47 Å². The van der Waals surface area contributed by atoms with Crippen LogP contribution in [0.5, 0.6) is 0 Å². The van der Waals surface area contributed by atoms with E-state index in [-0.39, 0.29) is 4.90 Å². The van der Waals surface area contributed by atoms with Crippen LogP contribution in [0.25, 0.3) is 0 Å². The number of hydrogen-bond donors (Lipinski definition) is 1. The third-order valence-electron chi connectivity index (χ3n) is 2.79. The summed E-state index contributed by atoms with van der Waals surface area (Å²) in [6.07, 6.45) is 0. The Morgan fingerprint density at radius 2 is 1.70 bits per heavy atom. The number of hydrogen-bond acceptors (Lipinski definition) is 2. The van der Waals surface area contributed by atoms with E-state index < -0.39 is 10.0 Å². The standard InChI is InChI=1S/C14H13BrClNO2S/c1-9-3-5-12(6-4-9)20(18,19)17-13-8-11(15)7-10(2)14(13)16/h3-8,17H,1-2H3. The quantitative estimate of drug-likeness (QED) is 0.858. The highest BCUT2D eigenvalue weighted by molar-refractivity contribution is 9.10. The average Bonchev–Trinajstić information content (AvgIpc) is 2.35. The average molecular weight is 375 g/mol. The zero-order valence-electron chi connectivity index (χ0n) is 10.9. The van der Waals surface area contributed by atoms with E-state index in [2.05, 4.69) is 20.7 Å². The predicted molar refractivity (Wildman–Crippen MR) is 85.9 cm³/mol. The van der Waals surface area contributed by atoms with Crippen molar-refractivity contribution in [3.05, 3.63) is 57.0 Å². The molecule has 0 spiro atoms. The molecule has 0 aliphatic rings. The molecule has 106 valence electrons. The number of anilines is 1. The fourth-order valence-electron chi connectivity index (χ4n) is 1.72. The SMILES string of the molecule is Cc1ccc(S(=O)(=O)Nc2cc(Br)cc(C)c2Cl)cc1. The smallest absolute Gasteiger partial charge is 0.261 e. The minimum Gasteiger partial charge on any atom is -0.278 e. The lowest BCUT2D eigenvalue weighted by molar-refractivity contribution is 0.601. The second-order valence-corrected chi connectivity index (χ2v) is 7.48. The maximum Gasteiger partial charge on any atom is 0.261 e. The van der Waals surface area contributed by atoms with Crippen LogP contribution in [0.15, 0.2) is 45.8 Å². The van der Waals surface area contributed by atoms with Crippen molar-refractivity contribution in [1.82, 2.24) is 0 Å². The Morgan fingerprint density at radius 1 is 1.10 bits per heavy atom. The molecular weight excluding hydrogens is 362 g/mol. The lowest BCUT2D eigenvalue weighted by Crippen LogP contribution is -2.13. The van der Waals surface area contributed by atoms with Crippen molar-refractivity contribution < 1.29 is 8.42 Å². The second-order valence-electron chi connectivity index (χ2n) is 4.50. The molecule has 0 unspecified atom stereocenters. The molecule has 0 saturated heterocycles. The van der Waals surface area contributed by atoms with Crippen molar-refractivity contribution in [3.8, 4) is 0 Å². The molecule has 0 heterocycles. The van der Waals surface area contributed by atoms with E-state index in [4.69, 9.17) is 11.6 Å². The van der Waals surface area contributed by atoms with Crippen molar-refractivity contribution in [3.63, 3.8) is 0 Å². The summed E-state index contributed by atoms with van der Waals surface area (Å²) in [4.78, 5) is 0.205. The largest absolute Gasteiger partial charge is 0.278 e. The highest BCUT2D eigenvalue weighted by Crippen LogP contribution is 2.31. The summed E-state index contributed by atoms with van der Waals surface area (Å²) < 4.78 is 27.9. The van der Waals surface area contributed by atoms with Crippen LogP contribution < -0.4 is 4.72 Å². The normalized spacial score (nSPS) is 11.4. The number of rotatable bonds is 3. The Morgan fingerprint density at radius 3 is 2.30 bits per heavy atom. The molecule has 0 saturated carbocycles. The number of nitrogens with one attached hydrogen (secondary N) is 1. The van der Waals surface area contributed by atoms with Gasteiger partial charge < -0.3 is 0 Å². The van der Waals surface area contributed by atoms with Gasteiger partial charge in [-0.3, -0.25) is 4.72 Å². The molecular formula is C14H13BrClNO2S. The molecule has 2 rings (SSSR count). The summed E-state index contributed by atoms with van der Waals surface area (Å²) in [5, 5.41) is 0.392. The van der Waals surface area contributed by atoms with Crippen LogP contribution in [0, 0.1) is 13.8 Å². The van der Waals surface area contributed by atoms with E-state index in [0.29, 0.717) is 10.7 Å². The minimum absolute atomic E-state index is 0.205. The van der Waals surface area contributed by atoms with Gasteiger partial charge in [-0.2, -0.15) is 0 Å². The van der Waals surface area contributed by atoms with Gasteiger partial charge in [-0.25, -0.2) is 8.42 Å². The van der Waals surface area contributed by atoms with E-state index in [9.17, 15) is 8.42 Å². The molecule has 0 atom stereocenters. The molecule has 6 heteroatoms. The highest BCUT2D eigenvalue weighted by Gasteiger charge is 2.16. The number of benzene rings is 2. The van der Waals surface area contributed by atoms with Crippen LogP contribution in [0.2, 0.25) is 5.02 Å². The first-order chi connectivity index (χ1) is 9.29. The van der Waals surface area contributed by atoms with Crippen LogP contribution in [-0.4, -0.2) is 8.42 Å². The summed E-state index contributed by atoms with van der Waals surface area (Å²) in [6, 6.07) is 10.1. The molecule has 0 aliphatic heterocycles. The van der Waals surface area contributed by atoms with Gasteiger partial charge in [0.25, 0.3) is 10.0 Å². The van der Waals surface area contributed by atoms with E-state index in [1.165, 1.54) is 0 Å². The lowest BCUT2D eigenvalue weighted by atomic mass is 10.2. The first-order valence-corrected chi connectivity index (χ1v) is 8.50. The lowest BCUT2D eigenvalue weighted by Gasteiger charge is -2.12. The predicted octanol–water partition coefficient (Wildman–Crippen LogP) is 4.52. The van der Waals surface area contributed by atoms with Crippen molar-refractivity contribution >= 4 is 43.2 Å². The third kappa shape index (κ3) is 3.34. The first-order valence-electron chi connectivity index (χ1n) is 5.85. The Bertz CT molecular complexity index is 743. The first kappa shape index (κ1) is 15.4. The Balaban J connectivity index is 2.41. The van der Waals surface area contributed by atoms with Gasteiger partial charge in [0.1, 0.15) is 0 Å². The zero-order chi connectivity index (χ0) is 14.9.